The third-order valence-corrected chi connectivity index (χ3v) is 4.45. The average Bonchev–Trinajstić information content (AvgIpc) is 2.29. The minimum absolute atomic E-state index is 0.00448. The lowest BCUT2D eigenvalue weighted by Crippen LogP contribution is -2.40. The fourth-order valence-electron chi connectivity index (χ4n) is 1.95. The largest absolute Gasteiger partial charge is 0.392 e. The van der Waals surface area contributed by atoms with Crippen LogP contribution in [0.2, 0.25) is 5.02 Å². The van der Waals surface area contributed by atoms with Gasteiger partial charge in [-0.2, -0.15) is 11.8 Å². The predicted molar refractivity (Wildman–Crippen MR) is 71.5 cm³/mol. The summed E-state index contributed by atoms with van der Waals surface area (Å²) in [5.74, 6) is 2.34. The molecule has 0 bridgehead atoms. The topological polar surface area (TPSA) is 23.5 Å². The molecule has 0 aliphatic carbocycles. The van der Waals surface area contributed by atoms with Gasteiger partial charge in [0, 0.05) is 34.8 Å². The SMILES string of the molecule is CC1CSCCN1c1ccc(CO)c(Cl)c1. The fourth-order valence-corrected chi connectivity index (χ4v) is 3.20. The molecular weight excluding hydrogens is 242 g/mol. The molecule has 88 valence electrons. The van der Waals surface area contributed by atoms with Crippen molar-refractivity contribution in [2.24, 2.45) is 0 Å². The molecule has 16 heavy (non-hydrogen) atoms. The highest BCUT2D eigenvalue weighted by Gasteiger charge is 2.19. The summed E-state index contributed by atoms with van der Waals surface area (Å²) >= 11 is 8.10. The molecule has 1 aromatic rings. The molecule has 1 heterocycles. The molecule has 4 heteroatoms. The molecule has 1 aromatic carbocycles. The molecule has 0 saturated carbocycles. The summed E-state index contributed by atoms with van der Waals surface area (Å²) in [5, 5.41) is 9.73. The number of hydrogen-bond donors (Lipinski definition) is 1. The molecule has 0 radical (unpaired) electrons. The molecule has 2 rings (SSSR count). The van der Waals surface area contributed by atoms with Crippen molar-refractivity contribution < 1.29 is 5.11 Å². The van der Waals surface area contributed by atoms with E-state index in [-0.39, 0.29) is 6.61 Å². The molecule has 1 aliphatic rings. The first-order valence-corrected chi connectivity index (χ1v) is 6.99. The second kappa shape index (κ2) is 5.30. The lowest BCUT2D eigenvalue weighted by Gasteiger charge is -2.35. The smallest absolute Gasteiger partial charge is 0.0696 e. The number of rotatable bonds is 2. The van der Waals surface area contributed by atoms with Crippen molar-refractivity contribution >= 4 is 29.1 Å². The molecule has 0 spiro atoms. The number of anilines is 1. The molecule has 1 atom stereocenters. The number of nitrogens with zero attached hydrogens (tertiary/aromatic N) is 1. The number of aliphatic hydroxyl groups excluding tert-OH is 1. The maximum Gasteiger partial charge on any atom is 0.0696 e. The minimum atomic E-state index is 0.00448. The molecule has 0 aromatic heterocycles. The van der Waals surface area contributed by atoms with Crippen molar-refractivity contribution in [1.82, 2.24) is 0 Å². The zero-order valence-corrected chi connectivity index (χ0v) is 10.9. The van der Waals surface area contributed by atoms with Crippen molar-refractivity contribution in [3.63, 3.8) is 0 Å². The summed E-state index contributed by atoms with van der Waals surface area (Å²) in [4.78, 5) is 2.38. The summed E-state index contributed by atoms with van der Waals surface area (Å²) in [6, 6.07) is 6.46. The van der Waals surface area contributed by atoms with Crippen LogP contribution in [0.3, 0.4) is 0 Å². The van der Waals surface area contributed by atoms with E-state index < -0.39 is 0 Å². The van der Waals surface area contributed by atoms with Crippen LogP contribution in [0, 0.1) is 0 Å². The van der Waals surface area contributed by atoms with E-state index in [1.54, 1.807) is 0 Å². The molecule has 1 fully saturated rings. The molecule has 1 unspecified atom stereocenters. The van der Waals surface area contributed by atoms with Crippen LogP contribution in [0.25, 0.3) is 0 Å². The van der Waals surface area contributed by atoms with E-state index in [9.17, 15) is 0 Å². The van der Waals surface area contributed by atoms with Crippen molar-refractivity contribution in [2.45, 2.75) is 19.6 Å². The molecule has 2 nitrogen and oxygen atoms in total. The minimum Gasteiger partial charge on any atom is -0.392 e. The standard InChI is InChI=1S/C12H16ClNOS/c1-9-8-16-5-4-14(9)11-3-2-10(7-15)12(13)6-11/h2-3,6,9,15H,4-5,7-8H2,1H3. The predicted octanol–water partition coefficient (Wildman–Crippen LogP) is 2.77. The van der Waals surface area contributed by atoms with Crippen molar-refractivity contribution in [2.75, 3.05) is 23.0 Å². The van der Waals surface area contributed by atoms with Gasteiger partial charge in [-0.25, -0.2) is 0 Å². The fraction of sp³-hybridized carbons (Fsp3) is 0.500. The third kappa shape index (κ3) is 2.47. The van der Waals surface area contributed by atoms with E-state index in [4.69, 9.17) is 16.7 Å². The Kier molecular flexibility index (Phi) is 4.00. The number of hydrogen-bond acceptors (Lipinski definition) is 3. The van der Waals surface area contributed by atoms with Crippen LogP contribution in [0.15, 0.2) is 18.2 Å². The quantitative estimate of drug-likeness (QED) is 0.881. The van der Waals surface area contributed by atoms with E-state index in [1.807, 2.05) is 30.0 Å². The van der Waals surface area contributed by atoms with Gasteiger partial charge in [-0.05, 0) is 24.6 Å². The Labute approximate surface area is 106 Å². The van der Waals surface area contributed by atoms with Crippen molar-refractivity contribution in [1.29, 1.82) is 0 Å². The lowest BCUT2D eigenvalue weighted by atomic mass is 10.1. The first-order valence-electron chi connectivity index (χ1n) is 5.46. The summed E-state index contributed by atoms with van der Waals surface area (Å²) in [7, 11) is 0. The summed E-state index contributed by atoms with van der Waals surface area (Å²) in [6.45, 7) is 3.31. The van der Waals surface area contributed by atoms with Crippen LogP contribution in [0.5, 0.6) is 0 Å². The zero-order chi connectivity index (χ0) is 11.5. The first-order chi connectivity index (χ1) is 7.72. The Morgan fingerprint density at radius 3 is 3.00 bits per heavy atom. The Morgan fingerprint density at radius 2 is 2.38 bits per heavy atom. The third-order valence-electron chi connectivity index (χ3n) is 2.91. The van der Waals surface area contributed by atoms with Gasteiger partial charge in [-0.3, -0.25) is 0 Å². The maximum atomic E-state index is 9.07. The normalized spacial score (nSPS) is 21.2. The summed E-state index contributed by atoms with van der Waals surface area (Å²) in [6.07, 6.45) is 0. The van der Waals surface area contributed by atoms with Gasteiger partial charge in [-0.15, -0.1) is 0 Å². The Balaban J connectivity index is 2.22. The van der Waals surface area contributed by atoms with Gasteiger partial charge in [-0.1, -0.05) is 17.7 Å². The highest BCUT2D eigenvalue weighted by Crippen LogP contribution is 2.28. The lowest BCUT2D eigenvalue weighted by molar-refractivity contribution is 0.282. The first kappa shape index (κ1) is 12.1. The molecular formula is C12H16ClNOS. The second-order valence-electron chi connectivity index (χ2n) is 4.05. The van der Waals surface area contributed by atoms with Gasteiger partial charge in [0.2, 0.25) is 0 Å². The second-order valence-corrected chi connectivity index (χ2v) is 5.61. The highest BCUT2D eigenvalue weighted by molar-refractivity contribution is 7.99. The average molecular weight is 258 g/mol. The van der Waals surface area contributed by atoms with Crippen molar-refractivity contribution in [3.8, 4) is 0 Å². The molecule has 0 amide bonds. The van der Waals surface area contributed by atoms with Gasteiger partial charge in [0.15, 0.2) is 0 Å². The summed E-state index contributed by atoms with van der Waals surface area (Å²) < 4.78 is 0. The van der Waals surface area contributed by atoms with Crippen LogP contribution in [-0.4, -0.2) is 29.2 Å². The van der Waals surface area contributed by atoms with Gasteiger partial charge in [0.05, 0.1) is 6.61 Å². The molecule has 1 N–H and O–H groups in total. The van der Waals surface area contributed by atoms with Crippen LogP contribution in [0.4, 0.5) is 5.69 Å². The summed E-state index contributed by atoms with van der Waals surface area (Å²) in [5.41, 5.74) is 1.96. The highest BCUT2D eigenvalue weighted by atomic mass is 35.5. The Bertz CT molecular complexity index is 372. The van der Waals surface area contributed by atoms with Crippen molar-refractivity contribution in [3.05, 3.63) is 28.8 Å². The van der Waals surface area contributed by atoms with E-state index >= 15 is 0 Å². The number of halogens is 1. The van der Waals surface area contributed by atoms with E-state index in [0.717, 1.165) is 17.8 Å². The number of aliphatic hydroxyl groups is 1. The van der Waals surface area contributed by atoms with Crippen LogP contribution in [-0.2, 0) is 6.61 Å². The molecule has 1 aliphatic heterocycles. The van der Waals surface area contributed by atoms with Gasteiger partial charge >= 0.3 is 0 Å². The van der Waals surface area contributed by atoms with E-state index in [2.05, 4.69) is 11.8 Å². The Hall–Kier alpha value is -0.380. The van der Waals surface area contributed by atoms with Crippen LogP contribution >= 0.6 is 23.4 Å². The van der Waals surface area contributed by atoms with Gasteiger partial charge in [0.1, 0.15) is 0 Å². The monoisotopic (exact) mass is 257 g/mol. The zero-order valence-electron chi connectivity index (χ0n) is 9.32. The number of benzene rings is 1. The van der Waals surface area contributed by atoms with Gasteiger partial charge in [0.25, 0.3) is 0 Å². The van der Waals surface area contributed by atoms with E-state index in [0.29, 0.717) is 11.1 Å². The van der Waals surface area contributed by atoms with Crippen LogP contribution < -0.4 is 4.90 Å². The number of thioether (sulfide) groups is 1. The van der Waals surface area contributed by atoms with Crippen LogP contribution in [0.1, 0.15) is 12.5 Å². The molecule has 1 saturated heterocycles. The van der Waals surface area contributed by atoms with E-state index in [1.165, 1.54) is 11.5 Å². The Morgan fingerprint density at radius 1 is 1.56 bits per heavy atom. The van der Waals surface area contributed by atoms with Gasteiger partial charge < -0.3 is 10.0 Å². The maximum absolute atomic E-state index is 9.07.